The summed E-state index contributed by atoms with van der Waals surface area (Å²) < 4.78 is 5.09. The van der Waals surface area contributed by atoms with Crippen molar-refractivity contribution in [1.29, 1.82) is 0 Å². The Hall–Kier alpha value is -2.89. The lowest BCUT2D eigenvalue weighted by Crippen LogP contribution is -2.31. The Morgan fingerprint density at radius 1 is 1.15 bits per heavy atom. The van der Waals surface area contributed by atoms with Gasteiger partial charge in [0, 0.05) is 11.3 Å². The summed E-state index contributed by atoms with van der Waals surface area (Å²) >= 11 is 0. The summed E-state index contributed by atoms with van der Waals surface area (Å²) in [6, 6.07) is 7.57. The molecule has 0 saturated carbocycles. The smallest absolute Gasteiger partial charge is 0.355 e. The van der Waals surface area contributed by atoms with Crippen LogP contribution in [-0.4, -0.2) is 29.3 Å². The van der Waals surface area contributed by atoms with Crippen LogP contribution in [0.25, 0.3) is 0 Å². The van der Waals surface area contributed by atoms with Crippen molar-refractivity contribution in [3.05, 3.63) is 57.9 Å². The SMILES string of the molecule is CC(=O)c1c(C)[nH]c(C(=O)OCC(=O)N[C@H](C)c2ccccc2C)c1C. The number of nitrogens with one attached hydrogen (secondary N) is 2. The van der Waals surface area contributed by atoms with E-state index in [1.54, 1.807) is 13.8 Å². The Balaban J connectivity index is 1.97. The second kappa shape index (κ2) is 7.99. The van der Waals surface area contributed by atoms with Crippen LogP contribution in [0.2, 0.25) is 0 Å². The van der Waals surface area contributed by atoms with Gasteiger partial charge in [-0.05, 0) is 51.3 Å². The minimum atomic E-state index is -0.656. The molecule has 0 aliphatic rings. The third kappa shape index (κ3) is 4.20. The maximum Gasteiger partial charge on any atom is 0.355 e. The Labute approximate surface area is 152 Å². The highest BCUT2D eigenvalue weighted by atomic mass is 16.5. The van der Waals surface area contributed by atoms with Gasteiger partial charge in [0.1, 0.15) is 5.69 Å². The van der Waals surface area contributed by atoms with Crippen LogP contribution in [0.4, 0.5) is 0 Å². The minimum Gasteiger partial charge on any atom is -0.451 e. The van der Waals surface area contributed by atoms with E-state index in [2.05, 4.69) is 10.3 Å². The van der Waals surface area contributed by atoms with Crippen molar-refractivity contribution in [2.45, 2.75) is 40.7 Å². The molecule has 1 atom stereocenters. The van der Waals surface area contributed by atoms with Gasteiger partial charge in [0.15, 0.2) is 12.4 Å². The first-order valence-corrected chi connectivity index (χ1v) is 8.44. The minimum absolute atomic E-state index is 0.125. The third-order valence-electron chi connectivity index (χ3n) is 4.36. The molecule has 6 heteroatoms. The molecule has 1 amide bonds. The molecule has 1 aromatic heterocycles. The maximum absolute atomic E-state index is 12.2. The van der Waals surface area contributed by atoms with Crippen LogP contribution in [0, 0.1) is 20.8 Å². The summed E-state index contributed by atoms with van der Waals surface area (Å²) in [7, 11) is 0. The molecular formula is C20H24N2O4. The van der Waals surface area contributed by atoms with Crippen molar-refractivity contribution in [3.63, 3.8) is 0 Å². The van der Waals surface area contributed by atoms with Gasteiger partial charge in [0.05, 0.1) is 6.04 Å². The third-order valence-corrected chi connectivity index (χ3v) is 4.36. The van der Waals surface area contributed by atoms with E-state index in [1.165, 1.54) is 6.92 Å². The fourth-order valence-corrected chi connectivity index (χ4v) is 3.12. The molecule has 2 aromatic rings. The second-order valence-corrected chi connectivity index (χ2v) is 6.40. The molecule has 6 nitrogen and oxygen atoms in total. The number of benzene rings is 1. The van der Waals surface area contributed by atoms with Gasteiger partial charge < -0.3 is 15.0 Å². The van der Waals surface area contributed by atoms with Gasteiger partial charge in [-0.1, -0.05) is 24.3 Å². The van der Waals surface area contributed by atoms with Crippen LogP contribution in [0.15, 0.2) is 24.3 Å². The monoisotopic (exact) mass is 356 g/mol. The van der Waals surface area contributed by atoms with Crippen LogP contribution in [0.5, 0.6) is 0 Å². The molecule has 2 N–H and O–H groups in total. The van der Waals surface area contributed by atoms with Crippen molar-refractivity contribution in [2.75, 3.05) is 6.61 Å². The van der Waals surface area contributed by atoms with Gasteiger partial charge in [0.2, 0.25) is 0 Å². The van der Waals surface area contributed by atoms with E-state index in [4.69, 9.17) is 4.74 Å². The first kappa shape index (κ1) is 19.4. The number of hydrogen-bond acceptors (Lipinski definition) is 4. The van der Waals surface area contributed by atoms with Crippen molar-refractivity contribution < 1.29 is 19.1 Å². The summed E-state index contributed by atoms with van der Waals surface area (Å²) in [5, 5.41) is 2.81. The number of aromatic nitrogens is 1. The number of aromatic amines is 1. The molecule has 0 aliphatic heterocycles. The molecule has 0 saturated heterocycles. The molecule has 0 bridgehead atoms. The summed E-state index contributed by atoms with van der Waals surface area (Å²) in [4.78, 5) is 38.8. The van der Waals surface area contributed by atoms with E-state index in [0.29, 0.717) is 16.8 Å². The average Bonchev–Trinajstić information content (AvgIpc) is 2.87. The number of rotatable bonds is 6. The lowest BCUT2D eigenvalue weighted by molar-refractivity contribution is -0.124. The molecule has 0 spiro atoms. The van der Waals surface area contributed by atoms with Gasteiger partial charge in [-0.15, -0.1) is 0 Å². The summed E-state index contributed by atoms with van der Waals surface area (Å²) in [6.07, 6.45) is 0. The zero-order valence-corrected chi connectivity index (χ0v) is 15.7. The molecule has 0 fully saturated rings. The number of esters is 1. The van der Waals surface area contributed by atoms with Crippen LogP contribution >= 0.6 is 0 Å². The van der Waals surface area contributed by atoms with Crippen LogP contribution in [0.3, 0.4) is 0 Å². The number of H-pyrrole nitrogens is 1. The van der Waals surface area contributed by atoms with Gasteiger partial charge >= 0.3 is 5.97 Å². The fourth-order valence-electron chi connectivity index (χ4n) is 3.12. The van der Waals surface area contributed by atoms with Crippen LogP contribution < -0.4 is 5.32 Å². The summed E-state index contributed by atoms with van der Waals surface area (Å²) in [6.45, 7) is 8.30. The average molecular weight is 356 g/mol. The molecule has 26 heavy (non-hydrogen) atoms. The lowest BCUT2D eigenvalue weighted by atomic mass is 10.0. The van der Waals surface area contributed by atoms with E-state index in [1.807, 2.05) is 38.1 Å². The number of aryl methyl sites for hydroxylation is 2. The number of carbonyl (C=O) groups is 3. The van der Waals surface area contributed by atoms with E-state index >= 15 is 0 Å². The Kier molecular flexibility index (Phi) is 5.97. The molecule has 0 unspecified atom stereocenters. The van der Waals surface area contributed by atoms with Crippen molar-refractivity contribution in [1.82, 2.24) is 10.3 Å². The number of amides is 1. The predicted molar refractivity (Wildman–Crippen MR) is 98.3 cm³/mol. The summed E-state index contributed by atoms with van der Waals surface area (Å²) in [5.74, 6) is -1.17. The molecular weight excluding hydrogens is 332 g/mol. The number of ether oxygens (including phenoxy) is 1. The van der Waals surface area contributed by atoms with Crippen molar-refractivity contribution in [3.8, 4) is 0 Å². The highest BCUT2D eigenvalue weighted by Crippen LogP contribution is 2.19. The van der Waals surface area contributed by atoms with E-state index < -0.39 is 5.97 Å². The molecule has 0 radical (unpaired) electrons. The van der Waals surface area contributed by atoms with Gasteiger partial charge in [-0.25, -0.2) is 4.79 Å². The maximum atomic E-state index is 12.2. The topological polar surface area (TPSA) is 88.3 Å². The fraction of sp³-hybridized carbons (Fsp3) is 0.350. The highest BCUT2D eigenvalue weighted by molar-refractivity contribution is 6.01. The van der Waals surface area contributed by atoms with Gasteiger partial charge in [-0.3, -0.25) is 9.59 Å². The van der Waals surface area contributed by atoms with E-state index in [9.17, 15) is 14.4 Å². The first-order chi connectivity index (χ1) is 12.2. The molecule has 1 aromatic carbocycles. The van der Waals surface area contributed by atoms with Crippen LogP contribution in [-0.2, 0) is 9.53 Å². The number of Topliss-reactive ketones (excluding diaryl/α,β-unsaturated/α-hetero) is 1. The van der Waals surface area contributed by atoms with Crippen molar-refractivity contribution >= 4 is 17.7 Å². The van der Waals surface area contributed by atoms with E-state index in [0.717, 1.165) is 11.1 Å². The Morgan fingerprint density at radius 2 is 1.81 bits per heavy atom. The van der Waals surface area contributed by atoms with Crippen LogP contribution in [0.1, 0.15) is 63.1 Å². The highest BCUT2D eigenvalue weighted by Gasteiger charge is 2.21. The Morgan fingerprint density at radius 3 is 2.38 bits per heavy atom. The second-order valence-electron chi connectivity index (χ2n) is 6.40. The first-order valence-electron chi connectivity index (χ1n) is 8.44. The number of hydrogen-bond donors (Lipinski definition) is 2. The summed E-state index contributed by atoms with van der Waals surface area (Å²) in [5.41, 5.74) is 3.91. The predicted octanol–water partition coefficient (Wildman–Crippen LogP) is 3.18. The molecule has 0 aliphatic carbocycles. The normalized spacial score (nSPS) is 11.7. The van der Waals surface area contributed by atoms with Gasteiger partial charge in [-0.2, -0.15) is 0 Å². The standard InChI is InChI=1S/C20H24N2O4/c1-11-8-6-7-9-16(11)13(3)21-17(24)10-26-20(25)19-12(2)18(15(5)23)14(4)22-19/h6-9,13,22H,10H2,1-5H3,(H,21,24)/t13-/m1/s1. The molecule has 138 valence electrons. The van der Waals surface area contributed by atoms with E-state index in [-0.39, 0.29) is 30.0 Å². The molecule has 1 heterocycles. The lowest BCUT2D eigenvalue weighted by Gasteiger charge is -2.16. The zero-order chi connectivity index (χ0) is 19.4. The van der Waals surface area contributed by atoms with Gasteiger partial charge in [0.25, 0.3) is 5.91 Å². The molecule has 2 rings (SSSR count). The Bertz CT molecular complexity index is 851. The number of carbonyl (C=O) groups excluding carboxylic acids is 3. The van der Waals surface area contributed by atoms with Crippen molar-refractivity contribution in [2.24, 2.45) is 0 Å². The number of ketones is 1. The largest absolute Gasteiger partial charge is 0.451 e. The quantitative estimate of drug-likeness (QED) is 0.615. The zero-order valence-electron chi connectivity index (χ0n) is 15.7.